The quantitative estimate of drug-likeness (QED) is 0.599. The highest BCUT2D eigenvalue weighted by Gasteiger charge is 2.09. The van der Waals surface area contributed by atoms with E-state index in [-0.39, 0.29) is 0 Å². The van der Waals surface area contributed by atoms with Crippen LogP contribution in [0.4, 0.5) is 0 Å². The third-order valence-corrected chi connectivity index (χ3v) is 3.88. The summed E-state index contributed by atoms with van der Waals surface area (Å²) < 4.78 is 2.03. The summed E-state index contributed by atoms with van der Waals surface area (Å²) >= 11 is 3.75. The zero-order valence-electron chi connectivity index (χ0n) is 6.95. The number of fused-ring (bicyclic) bond motifs is 1. The number of nitrogens with zero attached hydrogens (tertiary/aromatic N) is 1. The number of carbonyl (C=O) groups is 1. The number of benzene rings is 1. The predicted octanol–water partition coefficient (Wildman–Crippen LogP) is 3.19. The Morgan fingerprint density at radius 3 is 2.93 bits per heavy atom. The van der Waals surface area contributed by atoms with Crippen LogP contribution in [-0.4, -0.2) is 6.29 Å². The Balaban J connectivity index is 2.91. The van der Waals surface area contributed by atoms with E-state index in [2.05, 4.69) is 22.6 Å². The Labute approximate surface area is 98.3 Å². The number of rotatable bonds is 1. The van der Waals surface area contributed by atoms with Crippen molar-refractivity contribution in [3.63, 3.8) is 0 Å². The molecule has 2 aromatic rings. The summed E-state index contributed by atoms with van der Waals surface area (Å²) in [5.74, 6) is 0. The van der Waals surface area contributed by atoms with Crippen molar-refractivity contribution in [1.29, 1.82) is 5.26 Å². The summed E-state index contributed by atoms with van der Waals surface area (Å²) in [5.41, 5.74) is 0.962. The normalized spacial score (nSPS) is 10.0. The Morgan fingerprint density at radius 2 is 2.29 bits per heavy atom. The molecular formula is C10H4INOS. The van der Waals surface area contributed by atoms with E-state index in [1.54, 1.807) is 6.07 Å². The van der Waals surface area contributed by atoms with Gasteiger partial charge in [-0.2, -0.15) is 5.26 Å². The molecule has 68 valence electrons. The van der Waals surface area contributed by atoms with E-state index in [1.165, 1.54) is 11.3 Å². The Morgan fingerprint density at radius 1 is 1.50 bits per heavy atom. The maximum atomic E-state index is 10.9. The molecule has 0 aliphatic rings. The molecule has 0 unspecified atom stereocenters. The average Bonchev–Trinajstić information content (AvgIpc) is 2.56. The third-order valence-electron chi connectivity index (χ3n) is 1.93. The van der Waals surface area contributed by atoms with Gasteiger partial charge in [0, 0.05) is 10.3 Å². The molecule has 1 heterocycles. The molecule has 1 aromatic heterocycles. The van der Waals surface area contributed by atoms with E-state index < -0.39 is 0 Å². The molecule has 0 spiro atoms. The highest BCUT2D eigenvalue weighted by Crippen LogP contribution is 2.30. The predicted molar refractivity (Wildman–Crippen MR) is 64.6 cm³/mol. The number of thiophene rings is 1. The van der Waals surface area contributed by atoms with E-state index in [0.717, 1.165) is 19.3 Å². The molecule has 0 amide bonds. The van der Waals surface area contributed by atoms with Crippen molar-refractivity contribution in [3.8, 4) is 6.07 Å². The smallest absolute Gasteiger partial charge is 0.152 e. The van der Waals surface area contributed by atoms with Crippen molar-refractivity contribution >= 4 is 50.3 Å². The molecule has 0 aliphatic heterocycles. The molecule has 0 saturated carbocycles. The molecule has 1 aromatic carbocycles. The van der Waals surface area contributed by atoms with Gasteiger partial charge in [-0.15, -0.1) is 11.3 Å². The molecule has 0 radical (unpaired) electrons. The number of hydrogen-bond acceptors (Lipinski definition) is 3. The lowest BCUT2D eigenvalue weighted by atomic mass is 10.1. The Bertz CT molecular complexity index is 553. The van der Waals surface area contributed by atoms with Crippen LogP contribution in [0.25, 0.3) is 10.1 Å². The number of aldehydes is 1. The molecule has 0 bridgehead atoms. The van der Waals surface area contributed by atoms with Crippen LogP contribution in [0.3, 0.4) is 0 Å². The van der Waals surface area contributed by atoms with Gasteiger partial charge in [-0.25, -0.2) is 0 Å². The van der Waals surface area contributed by atoms with Gasteiger partial charge in [0.1, 0.15) is 0 Å². The van der Waals surface area contributed by atoms with Gasteiger partial charge in [0.2, 0.25) is 0 Å². The van der Waals surface area contributed by atoms with E-state index in [4.69, 9.17) is 5.26 Å². The zero-order valence-corrected chi connectivity index (χ0v) is 9.93. The SMILES string of the molecule is N#Cc1ccc2cc(I)sc2c1C=O. The summed E-state index contributed by atoms with van der Waals surface area (Å²) in [6, 6.07) is 7.59. The summed E-state index contributed by atoms with van der Waals surface area (Å²) in [6.07, 6.45) is 0.757. The van der Waals surface area contributed by atoms with Gasteiger partial charge in [-0.1, -0.05) is 6.07 Å². The van der Waals surface area contributed by atoms with Gasteiger partial charge < -0.3 is 0 Å². The molecule has 2 rings (SSSR count). The first-order valence-electron chi connectivity index (χ1n) is 3.83. The number of hydrogen-bond donors (Lipinski definition) is 0. The van der Waals surface area contributed by atoms with Gasteiger partial charge in [-0.3, -0.25) is 4.79 Å². The maximum Gasteiger partial charge on any atom is 0.152 e. The minimum absolute atomic E-state index is 0.450. The van der Waals surface area contributed by atoms with Gasteiger partial charge in [0.15, 0.2) is 6.29 Å². The molecule has 0 aliphatic carbocycles. The second-order valence-corrected chi connectivity index (χ2v) is 5.67. The highest BCUT2D eigenvalue weighted by atomic mass is 127. The summed E-state index contributed by atoms with van der Waals surface area (Å²) in [5, 5.41) is 9.84. The first kappa shape index (κ1) is 9.62. The van der Waals surface area contributed by atoms with Crippen LogP contribution >= 0.6 is 33.9 Å². The molecule has 0 atom stereocenters. The first-order valence-corrected chi connectivity index (χ1v) is 5.73. The van der Waals surface area contributed by atoms with E-state index in [1.807, 2.05) is 18.2 Å². The fourth-order valence-electron chi connectivity index (χ4n) is 1.31. The first-order chi connectivity index (χ1) is 6.76. The van der Waals surface area contributed by atoms with Crippen LogP contribution in [0.1, 0.15) is 15.9 Å². The molecule has 0 fully saturated rings. The third kappa shape index (κ3) is 1.42. The van der Waals surface area contributed by atoms with Crippen LogP contribution in [0.2, 0.25) is 0 Å². The number of nitriles is 1. The molecule has 0 saturated heterocycles. The maximum absolute atomic E-state index is 10.9. The fourth-order valence-corrected chi connectivity index (χ4v) is 3.20. The van der Waals surface area contributed by atoms with E-state index >= 15 is 0 Å². The molecular weight excluding hydrogens is 309 g/mol. The Hall–Kier alpha value is -0.930. The standard InChI is InChI=1S/C10H4INOS/c11-9-3-6-1-2-7(4-12)8(5-13)10(6)14-9/h1-3,5H. The van der Waals surface area contributed by atoms with Crippen molar-refractivity contribution in [2.24, 2.45) is 0 Å². The minimum atomic E-state index is 0.450. The van der Waals surface area contributed by atoms with Crippen molar-refractivity contribution < 1.29 is 4.79 Å². The van der Waals surface area contributed by atoms with Crippen LogP contribution in [-0.2, 0) is 0 Å². The molecule has 2 nitrogen and oxygen atoms in total. The Kier molecular flexibility index (Phi) is 2.52. The van der Waals surface area contributed by atoms with E-state index in [9.17, 15) is 4.79 Å². The van der Waals surface area contributed by atoms with Crippen LogP contribution in [0.5, 0.6) is 0 Å². The van der Waals surface area contributed by atoms with Crippen molar-refractivity contribution in [1.82, 2.24) is 0 Å². The van der Waals surface area contributed by atoms with Crippen LogP contribution < -0.4 is 0 Å². The van der Waals surface area contributed by atoms with Crippen molar-refractivity contribution in [2.45, 2.75) is 0 Å². The average molecular weight is 313 g/mol. The summed E-state index contributed by atoms with van der Waals surface area (Å²) in [6.45, 7) is 0. The minimum Gasteiger partial charge on any atom is -0.298 e. The fraction of sp³-hybridized carbons (Fsp3) is 0. The number of halogens is 1. The second kappa shape index (κ2) is 3.67. The van der Waals surface area contributed by atoms with Gasteiger partial charge in [-0.05, 0) is 40.1 Å². The van der Waals surface area contributed by atoms with Crippen LogP contribution in [0.15, 0.2) is 18.2 Å². The second-order valence-electron chi connectivity index (χ2n) is 2.73. The highest BCUT2D eigenvalue weighted by molar-refractivity contribution is 14.1. The van der Waals surface area contributed by atoms with Crippen molar-refractivity contribution in [2.75, 3.05) is 0 Å². The molecule has 4 heteroatoms. The topological polar surface area (TPSA) is 40.9 Å². The summed E-state index contributed by atoms with van der Waals surface area (Å²) in [4.78, 5) is 10.9. The van der Waals surface area contributed by atoms with Crippen LogP contribution in [0, 0.1) is 14.2 Å². The van der Waals surface area contributed by atoms with Gasteiger partial charge in [0.25, 0.3) is 0 Å². The lowest BCUT2D eigenvalue weighted by Gasteiger charge is -1.95. The van der Waals surface area contributed by atoms with E-state index in [0.29, 0.717) is 11.1 Å². The largest absolute Gasteiger partial charge is 0.298 e. The lowest BCUT2D eigenvalue weighted by Crippen LogP contribution is -1.86. The van der Waals surface area contributed by atoms with Gasteiger partial charge in [0.05, 0.1) is 14.5 Å². The zero-order chi connectivity index (χ0) is 10.1. The molecule has 0 N–H and O–H groups in total. The van der Waals surface area contributed by atoms with Gasteiger partial charge >= 0.3 is 0 Å². The lowest BCUT2D eigenvalue weighted by molar-refractivity contribution is 0.112. The van der Waals surface area contributed by atoms with Crippen molar-refractivity contribution in [3.05, 3.63) is 32.2 Å². The molecule has 14 heavy (non-hydrogen) atoms. The summed E-state index contributed by atoms with van der Waals surface area (Å²) in [7, 11) is 0. The number of carbonyl (C=O) groups excluding carboxylic acids is 1. The monoisotopic (exact) mass is 313 g/mol.